The monoisotopic (exact) mass is 1420 g/mol. The van der Waals surface area contributed by atoms with Crippen LogP contribution in [0.3, 0.4) is 0 Å². The van der Waals surface area contributed by atoms with Crippen LogP contribution in [-0.4, -0.2) is 159 Å². The van der Waals surface area contributed by atoms with E-state index in [9.17, 15) is 57.5 Å². The molecule has 3 aliphatic carbocycles. The van der Waals surface area contributed by atoms with E-state index in [4.69, 9.17) is 55.2 Å². The molecule has 10 rings (SSSR count). The van der Waals surface area contributed by atoms with Crippen LogP contribution in [0, 0.1) is 42.4 Å². The number of unbranched alkanes of at least 4 members (excludes halogenated alkanes) is 1. The fourth-order valence-electron chi connectivity index (χ4n) is 14.2. The number of H-pyrrole nitrogens is 2. The van der Waals surface area contributed by atoms with E-state index in [1.807, 2.05) is 20.0 Å². The molecule has 8 amide bonds. The lowest BCUT2D eigenvalue weighted by Gasteiger charge is -2.69. The van der Waals surface area contributed by atoms with Gasteiger partial charge in [0.1, 0.15) is 12.4 Å². The van der Waals surface area contributed by atoms with E-state index in [1.54, 1.807) is 79.2 Å². The highest BCUT2D eigenvalue weighted by Crippen LogP contribution is 2.75. The smallest absolute Gasteiger partial charge is 0.445 e. The van der Waals surface area contributed by atoms with Gasteiger partial charge in [0.2, 0.25) is 29.5 Å². The molecule has 2 bridgehead atoms. The topological polar surface area (TPSA) is 358 Å². The van der Waals surface area contributed by atoms with E-state index >= 15 is 0 Å². The van der Waals surface area contributed by atoms with Crippen molar-refractivity contribution >= 4 is 141 Å². The molecule has 524 valence electrons. The van der Waals surface area contributed by atoms with Gasteiger partial charge in [-0.25, -0.2) is 14.2 Å². The molecule has 5 atom stereocenters. The van der Waals surface area contributed by atoms with Crippen molar-refractivity contribution in [2.75, 3.05) is 80.2 Å². The fraction of sp³-hybridized carbons (Fsp3) is 0.522. The summed E-state index contributed by atoms with van der Waals surface area (Å²) in [5, 5.41) is 12.6. The Morgan fingerprint density at radius 3 is 1.80 bits per heavy atom. The van der Waals surface area contributed by atoms with E-state index in [0.717, 1.165) is 27.6 Å². The van der Waals surface area contributed by atoms with Crippen molar-refractivity contribution in [2.24, 2.45) is 34.3 Å². The Labute approximate surface area is 577 Å². The van der Waals surface area contributed by atoms with E-state index in [1.165, 1.54) is 24.8 Å². The second kappa shape index (κ2) is 30.5. The third kappa shape index (κ3) is 16.3. The number of hydrogen-bond donors (Lipinski definition) is 9. The molecular weight excluding hydrogens is 1330 g/mol. The van der Waals surface area contributed by atoms with Crippen molar-refractivity contribution in [3.8, 4) is 11.5 Å². The number of ether oxygens (including phenoxy) is 2. The number of aryl methyl sites for hydroxylation is 2. The molecule has 0 radical (unpaired) electrons. The first-order chi connectivity index (χ1) is 45.9. The summed E-state index contributed by atoms with van der Waals surface area (Å²) in [6, 6.07) is 8.19. The van der Waals surface area contributed by atoms with Crippen LogP contribution in [0.4, 0.5) is 26.7 Å². The van der Waals surface area contributed by atoms with Gasteiger partial charge in [-0.05, 0) is 124 Å². The van der Waals surface area contributed by atoms with Crippen molar-refractivity contribution in [1.29, 1.82) is 0 Å². The number of halogens is 2. The number of benzene rings is 3. The van der Waals surface area contributed by atoms with Gasteiger partial charge >= 0.3 is 19.9 Å². The summed E-state index contributed by atoms with van der Waals surface area (Å²) >= 11 is 19.1. The molecule has 5 aromatic rings. The van der Waals surface area contributed by atoms with Gasteiger partial charge in [-0.2, -0.15) is 0 Å². The number of primary amides is 1. The van der Waals surface area contributed by atoms with Crippen molar-refractivity contribution in [3.63, 3.8) is 0 Å². The number of carbonyl (C=O) groups excluding carboxylic acids is 9. The molecule has 2 aromatic heterocycles. The number of urea groups is 1. The van der Waals surface area contributed by atoms with Gasteiger partial charge in [0.05, 0.1) is 39.3 Å². The number of amides is 8. The average Bonchev–Trinajstić information content (AvgIpc) is 1.11. The quantitative estimate of drug-likeness (QED) is 0.00865. The first-order valence-electron chi connectivity index (χ1n) is 32.5. The first-order valence-corrected chi connectivity index (χ1v) is 35.5. The van der Waals surface area contributed by atoms with E-state index in [2.05, 4.69) is 31.2 Å². The second-order valence-corrected chi connectivity index (χ2v) is 29.0. The molecule has 0 saturated heterocycles. The van der Waals surface area contributed by atoms with Crippen molar-refractivity contribution in [3.05, 3.63) is 76.6 Å². The molecule has 2 aliphatic heterocycles. The van der Waals surface area contributed by atoms with Crippen molar-refractivity contribution in [1.82, 2.24) is 35.7 Å². The molecule has 3 aromatic carbocycles. The molecule has 0 spiro atoms. The van der Waals surface area contributed by atoms with Crippen LogP contribution in [0.15, 0.2) is 48.8 Å². The summed E-state index contributed by atoms with van der Waals surface area (Å²) in [7, 11) is -1.68. The number of Topliss-reactive ketones (excluding diaryl/α,β-unsaturated/α-hetero) is 2. The number of phosphoric ester groups is 1. The Morgan fingerprint density at radius 2 is 1.28 bits per heavy atom. The molecule has 10 N–H and O–H groups in total. The summed E-state index contributed by atoms with van der Waals surface area (Å²) in [6.45, 7) is 11.6. The molecule has 97 heavy (non-hydrogen) atoms. The van der Waals surface area contributed by atoms with Crippen LogP contribution in [0.25, 0.3) is 21.8 Å². The Balaban J connectivity index is 0.781. The highest BCUT2D eigenvalue weighted by atomic mass is 35.5. The number of phosphoric acid groups is 1. The summed E-state index contributed by atoms with van der Waals surface area (Å²) in [5.41, 5.74) is 10.2. The number of likely N-dealkylation sites (N-methyl/N-ethyl adjacent to an activating group) is 2. The number of nitrogens with two attached hydrogens (primary N) is 1. The Morgan fingerprint density at radius 1 is 0.753 bits per heavy atom. The zero-order valence-corrected chi connectivity index (χ0v) is 58.9. The molecule has 5 aliphatic rings. The molecular formula is C67H86Cl2N11O15PS. The lowest BCUT2D eigenvalue weighted by molar-refractivity contribution is -0.205. The Bertz CT molecular complexity index is 3930. The molecule has 3 fully saturated rings. The zero-order chi connectivity index (χ0) is 70.6. The standard InChI is InChI=1S/C67H86Cl2N11O15PS/c1-36(2)56(76-60(85)42(22-39(5)81)12-9-10-18-71-40(6)82)49(83)23-43(13-11-19-72-63(70)88)59(84)75-46-16-14-41(15-17-46)32-93-64(89)77(7)20-21-78(8)65(97)94-50-24-47-54(52-37(3)28-73-57(50)52)44(26-68)30-79(47)61(86)66-33-67(34-66,35-66)62(87)80-31-45(27-69)55-48(80)25-51(95-96(90,91)92)58-53(55)38(4)29-74-58/h14-17,24-25,28-29,36,42-45,56,73-74H,9-13,18-23,26-27,30-35H2,1-8H3,(H,71,82)(H,75,84)(H,76,85)(H3,70,72,88)(H2,90,91,92). The molecule has 3 saturated carbocycles. The third-order valence-electron chi connectivity index (χ3n) is 19.1. The van der Waals surface area contributed by atoms with Crippen LogP contribution >= 0.6 is 43.2 Å². The summed E-state index contributed by atoms with van der Waals surface area (Å²) in [4.78, 5) is 152. The normalized spacial score (nSPS) is 19.2. The number of rotatable bonds is 31. The SMILES string of the molecule is CC(=O)CC(CCCCNC(C)=O)C(=O)NC(C(=O)CC(CCCNC(N)=O)C(=O)Nc1ccc(COC(=O)N(C)CCN(C)C(=S)Oc2cc3c(c4c(C)c[nH]c24)C(CCl)CN3C(=O)C23CC(C(=O)N4CC(CCl)c5c4cc(OP(=O)(O)O)c4[nH]cc(C)c54)(C2)C3)cc1)C(C)C. The van der Waals surface area contributed by atoms with Gasteiger partial charge < -0.3 is 75.4 Å². The number of fused-ring (bicyclic) bond motifs is 6. The number of alkyl halides is 2. The van der Waals surface area contributed by atoms with Crippen molar-refractivity contribution in [2.45, 2.75) is 130 Å². The highest BCUT2D eigenvalue weighted by molar-refractivity contribution is 7.80. The minimum absolute atomic E-state index is 0.0167. The van der Waals surface area contributed by atoms with E-state index < -0.39 is 60.5 Å². The second-order valence-electron chi connectivity index (χ2n) is 26.8. The van der Waals surface area contributed by atoms with Gasteiger partial charge in [0.15, 0.2) is 17.3 Å². The lowest BCUT2D eigenvalue weighted by atomic mass is 9.34. The van der Waals surface area contributed by atoms with E-state index in [0.29, 0.717) is 103 Å². The Kier molecular flexibility index (Phi) is 23.1. The predicted molar refractivity (Wildman–Crippen MR) is 371 cm³/mol. The zero-order valence-electron chi connectivity index (χ0n) is 55.7. The fourth-order valence-corrected chi connectivity index (χ4v) is 15.3. The Hall–Kier alpha value is -7.81. The van der Waals surface area contributed by atoms with Gasteiger partial charge in [-0.3, -0.25) is 38.6 Å². The molecule has 26 nitrogen and oxygen atoms in total. The number of anilines is 3. The number of hydrogen-bond acceptors (Lipinski definition) is 14. The number of carbonyl (C=O) groups is 9. The van der Waals surface area contributed by atoms with Gasteiger partial charge in [0.25, 0.3) is 5.17 Å². The number of aromatic amines is 2. The van der Waals surface area contributed by atoms with Gasteiger partial charge in [-0.1, -0.05) is 32.4 Å². The number of aromatic nitrogens is 2. The minimum Gasteiger partial charge on any atom is -0.445 e. The van der Waals surface area contributed by atoms with Gasteiger partial charge in [-0.15, -0.1) is 23.2 Å². The maximum atomic E-state index is 15.0. The molecule has 30 heteroatoms. The number of ketones is 2. The summed E-state index contributed by atoms with van der Waals surface area (Å²) in [5.74, 6) is -3.68. The van der Waals surface area contributed by atoms with Crippen LogP contribution in [-0.2, 0) is 49.5 Å². The van der Waals surface area contributed by atoms with E-state index in [-0.39, 0.29) is 122 Å². The lowest BCUT2D eigenvalue weighted by Crippen LogP contribution is -2.73. The van der Waals surface area contributed by atoms with Crippen LogP contribution in [0.5, 0.6) is 11.5 Å². The van der Waals surface area contributed by atoms with Crippen LogP contribution in [0.1, 0.15) is 132 Å². The third-order valence-corrected chi connectivity index (χ3v) is 20.7. The largest absolute Gasteiger partial charge is 0.524 e. The predicted octanol–water partition coefficient (Wildman–Crippen LogP) is 8.82. The highest BCUT2D eigenvalue weighted by Gasteiger charge is 2.76. The summed E-state index contributed by atoms with van der Waals surface area (Å²) in [6.07, 6.45) is 5.66. The summed E-state index contributed by atoms with van der Waals surface area (Å²) < 4.78 is 29.3. The number of thiocarbonyl (C=S) groups is 1. The number of nitrogens with zero attached hydrogens (tertiary/aromatic N) is 4. The minimum atomic E-state index is -4.98. The maximum absolute atomic E-state index is 15.0. The molecule has 5 unspecified atom stereocenters. The number of nitrogens with one attached hydrogen (secondary N) is 6. The van der Waals surface area contributed by atoms with Gasteiger partial charge in [0, 0.05) is 150 Å². The van der Waals surface area contributed by atoms with Crippen LogP contribution in [0.2, 0.25) is 0 Å². The van der Waals surface area contributed by atoms with Crippen LogP contribution < -0.4 is 46.1 Å². The molecule has 4 heterocycles. The van der Waals surface area contributed by atoms with Crippen molar-refractivity contribution < 1.29 is 71.5 Å². The first kappa shape index (κ1) is 73.4. The average molecular weight is 1420 g/mol. The maximum Gasteiger partial charge on any atom is 0.524 e.